The molecular weight excluding hydrogens is 295 g/mol. The maximum atomic E-state index is 12.8. The molecule has 1 aromatic carbocycles. The van der Waals surface area contributed by atoms with E-state index in [4.69, 9.17) is 4.52 Å². The van der Waals surface area contributed by atoms with Gasteiger partial charge in [0.05, 0.1) is 11.8 Å². The Morgan fingerprint density at radius 1 is 1.23 bits per heavy atom. The quantitative estimate of drug-likeness (QED) is 0.946. The number of piperazine rings is 1. The van der Waals surface area contributed by atoms with Gasteiger partial charge in [0.15, 0.2) is 5.76 Å². The minimum atomic E-state index is -4.33. The molecule has 0 spiro atoms. The molecule has 118 valence electrons. The Hall–Kier alpha value is -2.02. The van der Waals surface area contributed by atoms with Crippen molar-refractivity contribution < 1.29 is 17.7 Å². The monoisotopic (exact) mass is 311 g/mol. The summed E-state index contributed by atoms with van der Waals surface area (Å²) in [6, 6.07) is 5.31. The van der Waals surface area contributed by atoms with Crippen molar-refractivity contribution in [2.45, 2.75) is 12.6 Å². The van der Waals surface area contributed by atoms with E-state index in [1.165, 1.54) is 6.07 Å². The van der Waals surface area contributed by atoms with Crippen molar-refractivity contribution in [1.29, 1.82) is 0 Å². The molecule has 1 aromatic heterocycles. The van der Waals surface area contributed by atoms with E-state index in [0.29, 0.717) is 17.7 Å². The lowest BCUT2D eigenvalue weighted by Gasteiger charge is -2.28. The van der Waals surface area contributed by atoms with Crippen molar-refractivity contribution in [1.82, 2.24) is 10.5 Å². The molecule has 1 fully saturated rings. The molecular formula is C15H16F3N3O. The van der Waals surface area contributed by atoms with Crippen molar-refractivity contribution in [3.63, 3.8) is 0 Å². The van der Waals surface area contributed by atoms with Crippen LogP contribution < -0.4 is 10.2 Å². The summed E-state index contributed by atoms with van der Waals surface area (Å²) < 4.78 is 43.6. The third-order valence-electron chi connectivity index (χ3n) is 3.70. The van der Waals surface area contributed by atoms with Crippen LogP contribution in [0.2, 0.25) is 0 Å². The molecule has 1 aliphatic heterocycles. The van der Waals surface area contributed by atoms with Crippen LogP contribution in [0.5, 0.6) is 0 Å². The van der Waals surface area contributed by atoms with E-state index in [1.54, 1.807) is 12.3 Å². The molecule has 0 bridgehead atoms. The van der Waals surface area contributed by atoms with Crippen molar-refractivity contribution in [2.24, 2.45) is 0 Å². The van der Waals surface area contributed by atoms with Crippen LogP contribution >= 0.6 is 0 Å². The Kier molecular flexibility index (Phi) is 4.06. The SMILES string of the molecule is FC(F)(F)c1cccc(Cc2oncc2N2CCNCC2)c1. The van der Waals surface area contributed by atoms with E-state index in [-0.39, 0.29) is 0 Å². The second-order valence-electron chi connectivity index (χ2n) is 5.25. The summed E-state index contributed by atoms with van der Waals surface area (Å²) in [5.74, 6) is 0.598. The number of benzene rings is 1. The number of nitrogens with one attached hydrogen (secondary N) is 1. The summed E-state index contributed by atoms with van der Waals surface area (Å²) in [7, 11) is 0. The molecule has 0 unspecified atom stereocenters. The molecule has 4 nitrogen and oxygen atoms in total. The number of hydrogen-bond donors (Lipinski definition) is 1. The first kappa shape index (κ1) is 14.9. The average molecular weight is 311 g/mol. The van der Waals surface area contributed by atoms with Crippen LogP contribution in [0.4, 0.5) is 18.9 Å². The molecule has 0 atom stereocenters. The second-order valence-corrected chi connectivity index (χ2v) is 5.25. The van der Waals surface area contributed by atoms with E-state index >= 15 is 0 Å². The zero-order valence-corrected chi connectivity index (χ0v) is 11.9. The molecule has 0 saturated carbocycles. The third-order valence-corrected chi connectivity index (χ3v) is 3.70. The summed E-state index contributed by atoms with van der Waals surface area (Å²) >= 11 is 0. The minimum absolute atomic E-state index is 0.295. The Balaban J connectivity index is 1.81. The summed E-state index contributed by atoms with van der Waals surface area (Å²) in [6.45, 7) is 3.40. The lowest BCUT2D eigenvalue weighted by Crippen LogP contribution is -2.43. The van der Waals surface area contributed by atoms with Gasteiger partial charge in [-0.3, -0.25) is 0 Å². The highest BCUT2D eigenvalue weighted by Gasteiger charge is 2.30. The van der Waals surface area contributed by atoms with Crippen LogP contribution in [0.1, 0.15) is 16.9 Å². The zero-order chi connectivity index (χ0) is 15.6. The number of alkyl halides is 3. The van der Waals surface area contributed by atoms with Gasteiger partial charge in [-0.2, -0.15) is 13.2 Å². The summed E-state index contributed by atoms with van der Waals surface area (Å²) in [5.41, 5.74) is 0.773. The lowest BCUT2D eigenvalue weighted by atomic mass is 10.1. The molecule has 0 radical (unpaired) electrons. The Morgan fingerprint density at radius 3 is 2.73 bits per heavy atom. The summed E-state index contributed by atoms with van der Waals surface area (Å²) in [6.07, 6.45) is -2.41. The van der Waals surface area contributed by atoms with Crippen molar-refractivity contribution >= 4 is 5.69 Å². The van der Waals surface area contributed by atoms with Crippen molar-refractivity contribution in [2.75, 3.05) is 31.1 Å². The van der Waals surface area contributed by atoms with Crippen LogP contribution in [0.25, 0.3) is 0 Å². The highest BCUT2D eigenvalue weighted by molar-refractivity contribution is 5.50. The first-order chi connectivity index (χ1) is 10.5. The number of nitrogens with zero attached hydrogens (tertiary/aromatic N) is 2. The molecule has 0 amide bonds. The fraction of sp³-hybridized carbons (Fsp3) is 0.400. The van der Waals surface area contributed by atoms with Gasteiger partial charge < -0.3 is 14.7 Å². The smallest absolute Gasteiger partial charge is 0.365 e. The average Bonchev–Trinajstić information content (AvgIpc) is 2.96. The van der Waals surface area contributed by atoms with Gasteiger partial charge in [0.1, 0.15) is 5.69 Å². The molecule has 3 rings (SSSR count). The molecule has 1 aliphatic rings. The maximum absolute atomic E-state index is 12.8. The van der Waals surface area contributed by atoms with Gasteiger partial charge in [-0.25, -0.2) is 0 Å². The van der Waals surface area contributed by atoms with E-state index in [9.17, 15) is 13.2 Å². The highest BCUT2D eigenvalue weighted by atomic mass is 19.4. The number of rotatable bonds is 3. The second kappa shape index (κ2) is 6.00. The molecule has 0 aliphatic carbocycles. The van der Waals surface area contributed by atoms with Crippen LogP contribution in [0.15, 0.2) is 35.0 Å². The number of anilines is 1. The van der Waals surface area contributed by atoms with E-state index in [2.05, 4.69) is 15.4 Å². The molecule has 2 heterocycles. The van der Waals surface area contributed by atoms with Gasteiger partial charge in [-0.05, 0) is 11.6 Å². The van der Waals surface area contributed by atoms with E-state index in [1.807, 2.05) is 0 Å². The molecule has 7 heteroatoms. The zero-order valence-electron chi connectivity index (χ0n) is 11.9. The van der Waals surface area contributed by atoms with Crippen LogP contribution in [-0.4, -0.2) is 31.3 Å². The third kappa shape index (κ3) is 3.24. The minimum Gasteiger partial charge on any atom is -0.365 e. The standard InChI is InChI=1S/C15H16F3N3O/c16-15(17,18)12-3-1-2-11(8-12)9-14-13(10-20-22-14)21-6-4-19-5-7-21/h1-3,8,10,19H,4-7,9H2. The van der Waals surface area contributed by atoms with Gasteiger partial charge in [0.2, 0.25) is 0 Å². The van der Waals surface area contributed by atoms with Gasteiger partial charge in [0, 0.05) is 32.6 Å². The van der Waals surface area contributed by atoms with Crippen molar-refractivity contribution in [3.05, 3.63) is 47.3 Å². The Bertz CT molecular complexity index is 633. The van der Waals surface area contributed by atoms with Gasteiger partial charge in [0.25, 0.3) is 0 Å². The van der Waals surface area contributed by atoms with E-state index in [0.717, 1.165) is 44.0 Å². The van der Waals surface area contributed by atoms with Gasteiger partial charge in [-0.1, -0.05) is 23.4 Å². The normalized spacial score (nSPS) is 16.0. The number of aromatic nitrogens is 1. The molecule has 2 aromatic rings. The molecule has 22 heavy (non-hydrogen) atoms. The predicted molar refractivity (Wildman–Crippen MR) is 75.8 cm³/mol. The highest BCUT2D eigenvalue weighted by Crippen LogP contribution is 2.31. The van der Waals surface area contributed by atoms with E-state index < -0.39 is 11.7 Å². The first-order valence-corrected chi connectivity index (χ1v) is 7.09. The summed E-state index contributed by atoms with van der Waals surface area (Å²) in [5, 5.41) is 7.06. The fourth-order valence-corrected chi connectivity index (χ4v) is 2.59. The predicted octanol–water partition coefficient (Wildman–Crippen LogP) is 2.69. The number of hydrogen-bond acceptors (Lipinski definition) is 4. The van der Waals surface area contributed by atoms with Gasteiger partial charge in [-0.15, -0.1) is 0 Å². The first-order valence-electron chi connectivity index (χ1n) is 7.09. The Morgan fingerprint density at radius 2 is 2.00 bits per heavy atom. The molecule has 1 saturated heterocycles. The fourth-order valence-electron chi connectivity index (χ4n) is 2.59. The largest absolute Gasteiger partial charge is 0.416 e. The van der Waals surface area contributed by atoms with Crippen molar-refractivity contribution in [3.8, 4) is 0 Å². The molecule has 1 N–H and O–H groups in total. The Labute approximate surface area is 125 Å². The van der Waals surface area contributed by atoms with Crippen LogP contribution in [-0.2, 0) is 12.6 Å². The maximum Gasteiger partial charge on any atom is 0.416 e. The van der Waals surface area contributed by atoms with Crippen LogP contribution in [0.3, 0.4) is 0 Å². The summed E-state index contributed by atoms with van der Waals surface area (Å²) in [4.78, 5) is 2.13. The topological polar surface area (TPSA) is 41.3 Å². The van der Waals surface area contributed by atoms with Crippen LogP contribution in [0, 0.1) is 0 Å². The van der Waals surface area contributed by atoms with Gasteiger partial charge >= 0.3 is 6.18 Å². The lowest BCUT2D eigenvalue weighted by molar-refractivity contribution is -0.137. The number of halogens is 3.